The van der Waals surface area contributed by atoms with E-state index in [1.54, 1.807) is 30.3 Å². The molecule has 3 aromatic rings. The maximum atomic E-state index is 14.1. The number of fused-ring (bicyclic) bond motifs is 2. The Morgan fingerprint density at radius 2 is 1.59 bits per heavy atom. The van der Waals surface area contributed by atoms with Gasteiger partial charge in [-0.3, -0.25) is 24.1 Å². The molecule has 0 bridgehead atoms. The lowest BCUT2D eigenvalue weighted by Gasteiger charge is -2.33. The fraction of sp³-hybridized carbons (Fsp3) is 0.333. The largest absolute Gasteiger partial charge is 0.486 e. The van der Waals surface area contributed by atoms with Crippen molar-refractivity contribution in [1.82, 2.24) is 15.5 Å². The van der Waals surface area contributed by atoms with Crippen LogP contribution in [0.2, 0.25) is 0 Å². The van der Waals surface area contributed by atoms with Gasteiger partial charge in [-0.05, 0) is 36.2 Å². The van der Waals surface area contributed by atoms with Crippen LogP contribution in [0.4, 0.5) is 4.39 Å². The Hall–Kier alpha value is -4.61. The average Bonchev–Trinajstić information content (AvgIpc) is 3.57. The Balaban J connectivity index is 1.06. The summed E-state index contributed by atoms with van der Waals surface area (Å²) in [7, 11) is 1.48. The zero-order valence-corrected chi connectivity index (χ0v) is 24.1. The molecule has 2 atom stereocenters. The van der Waals surface area contributed by atoms with E-state index in [4.69, 9.17) is 14.2 Å². The van der Waals surface area contributed by atoms with Gasteiger partial charge >= 0.3 is 0 Å². The van der Waals surface area contributed by atoms with E-state index >= 15 is 0 Å². The highest BCUT2D eigenvalue weighted by Gasteiger charge is 2.42. The van der Waals surface area contributed by atoms with Crippen LogP contribution < -0.4 is 15.4 Å². The Morgan fingerprint density at radius 1 is 0.932 bits per heavy atom. The van der Waals surface area contributed by atoms with Crippen LogP contribution in [0.5, 0.6) is 5.75 Å². The van der Waals surface area contributed by atoms with Gasteiger partial charge < -0.3 is 24.8 Å². The van der Waals surface area contributed by atoms with Gasteiger partial charge in [-0.2, -0.15) is 0 Å². The van der Waals surface area contributed by atoms with E-state index < -0.39 is 36.9 Å². The molecule has 3 aromatic carbocycles. The molecule has 228 valence electrons. The second-order valence-corrected chi connectivity index (χ2v) is 10.9. The molecule has 3 aliphatic heterocycles. The lowest BCUT2D eigenvalue weighted by atomic mass is 9.86. The van der Waals surface area contributed by atoms with Crippen LogP contribution in [0.15, 0.2) is 66.7 Å². The van der Waals surface area contributed by atoms with Gasteiger partial charge in [0.2, 0.25) is 0 Å². The fourth-order valence-electron chi connectivity index (χ4n) is 6.00. The molecular weight excluding hydrogens is 569 g/mol. The van der Waals surface area contributed by atoms with Crippen LogP contribution in [-0.4, -0.2) is 80.4 Å². The molecule has 0 aliphatic carbocycles. The molecule has 0 radical (unpaired) electrons. The highest BCUT2D eigenvalue weighted by Crippen LogP contribution is 2.45. The van der Waals surface area contributed by atoms with Crippen molar-refractivity contribution in [1.29, 1.82) is 0 Å². The highest BCUT2D eigenvalue weighted by molar-refractivity contribution is 6.21. The van der Waals surface area contributed by atoms with E-state index in [1.807, 2.05) is 30.3 Å². The van der Waals surface area contributed by atoms with E-state index in [1.165, 1.54) is 18.0 Å². The van der Waals surface area contributed by atoms with E-state index in [0.717, 1.165) is 5.56 Å². The van der Waals surface area contributed by atoms with E-state index in [0.29, 0.717) is 36.1 Å². The SMILES string of the molecule is CNC(=O)c1cc(C(=O)NCCC[C@H]2OC[C@H](N3C(=O)c4ccccc4C3=O)CO2)cc2c1O[C@H](CF)[C@H]2c1ccccc1. The normalized spacial score (nSPS) is 22.3. The first-order valence-electron chi connectivity index (χ1n) is 14.6. The Bertz CT molecular complexity index is 1550. The quantitative estimate of drug-likeness (QED) is 0.285. The number of ether oxygens (including phenoxy) is 3. The van der Waals surface area contributed by atoms with Crippen molar-refractivity contribution < 1.29 is 37.8 Å². The van der Waals surface area contributed by atoms with E-state index in [-0.39, 0.29) is 47.8 Å². The zero-order valence-electron chi connectivity index (χ0n) is 24.1. The maximum Gasteiger partial charge on any atom is 0.261 e. The van der Waals surface area contributed by atoms with Gasteiger partial charge in [-0.15, -0.1) is 0 Å². The molecule has 1 saturated heterocycles. The van der Waals surface area contributed by atoms with Crippen molar-refractivity contribution in [3.05, 3.63) is 100 Å². The first-order chi connectivity index (χ1) is 21.4. The minimum atomic E-state index is -0.818. The number of imide groups is 1. The molecule has 6 rings (SSSR count). The maximum absolute atomic E-state index is 14.1. The molecule has 10 nitrogen and oxygen atoms in total. The minimum Gasteiger partial charge on any atom is -0.486 e. The van der Waals surface area contributed by atoms with Crippen LogP contribution in [-0.2, 0) is 9.47 Å². The fourth-order valence-corrected chi connectivity index (χ4v) is 6.00. The number of nitrogens with one attached hydrogen (secondary N) is 2. The number of carbonyl (C=O) groups is 4. The molecule has 4 amide bonds. The number of nitrogens with zero attached hydrogens (tertiary/aromatic N) is 1. The molecule has 3 aliphatic rings. The third kappa shape index (κ3) is 5.44. The van der Waals surface area contributed by atoms with Gasteiger partial charge in [-0.25, -0.2) is 4.39 Å². The molecule has 44 heavy (non-hydrogen) atoms. The Morgan fingerprint density at radius 3 is 2.23 bits per heavy atom. The van der Waals surface area contributed by atoms with Crippen molar-refractivity contribution in [2.45, 2.75) is 37.2 Å². The summed E-state index contributed by atoms with van der Waals surface area (Å²) < 4.78 is 31.6. The van der Waals surface area contributed by atoms with Gasteiger partial charge in [0.05, 0.1) is 41.9 Å². The molecular formula is C33H32FN3O7. The van der Waals surface area contributed by atoms with Gasteiger partial charge in [0.25, 0.3) is 23.6 Å². The number of hydrogen-bond donors (Lipinski definition) is 2. The van der Waals surface area contributed by atoms with Gasteiger partial charge in [0.1, 0.15) is 18.5 Å². The third-order valence-corrected chi connectivity index (χ3v) is 8.18. The number of amides is 4. The predicted molar refractivity (Wildman–Crippen MR) is 156 cm³/mol. The smallest absolute Gasteiger partial charge is 0.261 e. The molecule has 3 heterocycles. The average molecular weight is 602 g/mol. The van der Waals surface area contributed by atoms with Gasteiger partial charge in [-0.1, -0.05) is 42.5 Å². The standard InChI is InChI=1S/C33H32FN3O7/c1-35-31(39)25-15-20(14-24-28(19-8-3-2-4-9-19)26(16-34)44-29(24)25)30(38)36-13-7-12-27-42-17-21(18-43-27)37-32(40)22-10-5-6-11-23(22)33(37)41/h2-6,8-11,14-15,21,26-28H,7,12-13,16-18H2,1H3,(H,35,39)(H,36,38)/t21-,26-,27-,28+/m1/s1. The molecule has 11 heteroatoms. The van der Waals surface area contributed by atoms with Crippen LogP contribution in [0, 0.1) is 0 Å². The monoisotopic (exact) mass is 601 g/mol. The van der Waals surface area contributed by atoms with E-state index in [2.05, 4.69) is 10.6 Å². The summed E-state index contributed by atoms with van der Waals surface area (Å²) in [5, 5.41) is 5.45. The van der Waals surface area contributed by atoms with Gasteiger partial charge in [0, 0.05) is 31.1 Å². The minimum absolute atomic E-state index is 0.157. The van der Waals surface area contributed by atoms with Crippen LogP contribution in [0.3, 0.4) is 0 Å². The first-order valence-corrected chi connectivity index (χ1v) is 14.6. The number of halogens is 1. The topological polar surface area (TPSA) is 123 Å². The lowest BCUT2D eigenvalue weighted by Crippen LogP contribution is -2.49. The number of alkyl halides is 1. The number of hydrogen-bond acceptors (Lipinski definition) is 7. The predicted octanol–water partition coefficient (Wildman–Crippen LogP) is 3.46. The number of carbonyl (C=O) groups excluding carboxylic acids is 4. The van der Waals surface area contributed by atoms with E-state index in [9.17, 15) is 23.6 Å². The summed E-state index contributed by atoms with van der Waals surface area (Å²) in [6, 6.07) is 18.6. The van der Waals surface area contributed by atoms with Crippen molar-refractivity contribution in [3.63, 3.8) is 0 Å². The zero-order chi connectivity index (χ0) is 30.8. The molecule has 1 fully saturated rings. The van der Waals surface area contributed by atoms with Crippen LogP contribution >= 0.6 is 0 Å². The molecule has 0 aromatic heterocycles. The van der Waals surface area contributed by atoms with Crippen molar-refractivity contribution in [3.8, 4) is 5.75 Å². The lowest BCUT2D eigenvalue weighted by molar-refractivity contribution is -0.199. The molecule has 0 spiro atoms. The Labute approximate surface area is 253 Å². The summed E-state index contributed by atoms with van der Waals surface area (Å²) in [6.07, 6.45) is -0.354. The summed E-state index contributed by atoms with van der Waals surface area (Å²) in [5.74, 6) is -1.72. The first kappa shape index (κ1) is 29.5. The highest BCUT2D eigenvalue weighted by atomic mass is 19.1. The number of benzene rings is 3. The van der Waals surface area contributed by atoms with Crippen molar-refractivity contribution in [2.75, 3.05) is 33.5 Å². The second kappa shape index (κ2) is 12.6. The summed E-state index contributed by atoms with van der Waals surface area (Å²) in [6.45, 7) is -0.135. The van der Waals surface area contributed by atoms with Crippen molar-refractivity contribution >= 4 is 23.6 Å². The second-order valence-electron chi connectivity index (χ2n) is 10.9. The van der Waals surface area contributed by atoms with Crippen LogP contribution in [0.25, 0.3) is 0 Å². The summed E-state index contributed by atoms with van der Waals surface area (Å²) in [5.41, 5.74) is 2.61. The third-order valence-electron chi connectivity index (χ3n) is 8.18. The van der Waals surface area contributed by atoms with Crippen molar-refractivity contribution in [2.24, 2.45) is 0 Å². The summed E-state index contributed by atoms with van der Waals surface area (Å²) in [4.78, 5) is 52.6. The molecule has 0 saturated carbocycles. The van der Waals surface area contributed by atoms with Gasteiger partial charge in [0.15, 0.2) is 6.29 Å². The summed E-state index contributed by atoms with van der Waals surface area (Å²) >= 11 is 0. The molecule has 0 unspecified atom stereocenters. The van der Waals surface area contributed by atoms with Crippen LogP contribution in [0.1, 0.15) is 71.3 Å². The Kier molecular flexibility index (Phi) is 8.40. The number of rotatable bonds is 9. The molecule has 2 N–H and O–H groups in total.